The van der Waals surface area contributed by atoms with Crippen LogP contribution in [0.1, 0.15) is 6.23 Å². The van der Waals surface area contributed by atoms with Gasteiger partial charge in [0.1, 0.15) is 18.4 Å². The lowest BCUT2D eigenvalue weighted by Gasteiger charge is -2.16. The minimum absolute atomic E-state index is 0.0272. The van der Waals surface area contributed by atoms with Crippen molar-refractivity contribution in [3.8, 4) is 0 Å². The SMILES string of the molecule is O=P(O)(O)O.O=P(O)(O)O.O=P(O)(O)O.[N-]=[N+]=NC1[C@H](n2cnc3c(=O)[nH]c(N)nc32)O[C@H](CO)[C@H]1O. The summed E-state index contributed by atoms with van der Waals surface area (Å²) in [6.45, 7) is -0.460. The Morgan fingerprint density at radius 2 is 1.54 bits per heavy atom. The van der Waals surface area contributed by atoms with Gasteiger partial charge in [-0.25, -0.2) is 18.7 Å². The van der Waals surface area contributed by atoms with Crippen molar-refractivity contribution in [3.05, 3.63) is 27.1 Å². The summed E-state index contributed by atoms with van der Waals surface area (Å²) in [4.78, 5) is 89.3. The zero-order valence-electron chi connectivity index (χ0n) is 17.7. The first kappa shape index (κ1) is 34.7. The van der Waals surface area contributed by atoms with Gasteiger partial charge in [-0.2, -0.15) is 4.98 Å². The van der Waals surface area contributed by atoms with E-state index in [4.69, 9.17) is 73.7 Å². The standard InChI is InChI=1S/C10H12N8O4.3H3O4P/c11-10-14-7-5(8(21)15-10)13-2-18(7)9-4(16-17-12)6(20)3(1-19)22-9;3*1-5(2,3)4/h2-4,6,9,19-20H,1H2,(H3,11,14,15,21);3*(H3,1,2,3,4)/t3-,4?,6-,9-;;;/m1.../s1. The van der Waals surface area contributed by atoms with Crippen molar-refractivity contribution < 1.29 is 72.7 Å². The summed E-state index contributed by atoms with van der Waals surface area (Å²) in [6.07, 6.45) is -1.84. The van der Waals surface area contributed by atoms with Gasteiger partial charge >= 0.3 is 23.5 Å². The highest BCUT2D eigenvalue weighted by molar-refractivity contribution is 7.45. The van der Waals surface area contributed by atoms with Crippen LogP contribution in [0.15, 0.2) is 16.2 Å². The normalized spacial score (nSPS) is 21.4. The van der Waals surface area contributed by atoms with Crippen LogP contribution in [0, 0.1) is 0 Å². The first-order valence-corrected chi connectivity index (χ1v) is 13.3. The van der Waals surface area contributed by atoms with E-state index in [1.807, 2.05) is 0 Å². The second-order valence-electron chi connectivity index (χ2n) is 6.25. The van der Waals surface area contributed by atoms with E-state index in [1.165, 1.54) is 10.9 Å². The molecule has 0 aliphatic carbocycles. The topological polar surface area (TPSA) is 421 Å². The van der Waals surface area contributed by atoms with Crippen molar-refractivity contribution in [2.45, 2.75) is 24.5 Å². The van der Waals surface area contributed by atoms with Crippen LogP contribution < -0.4 is 11.3 Å². The lowest BCUT2D eigenvalue weighted by molar-refractivity contribution is -0.0436. The molecule has 0 aromatic carbocycles. The van der Waals surface area contributed by atoms with Crippen LogP contribution in [0.5, 0.6) is 0 Å². The molecule has 1 aliphatic rings. The molecule has 0 bridgehead atoms. The lowest BCUT2D eigenvalue weighted by atomic mass is 10.1. The molecule has 3 rings (SSSR count). The Balaban J connectivity index is 0.000000711. The number of ether oxygens (including phenoxy) is 1. The highest BCUT2D eigenvalue weighted by Gasteiger charge is 2.44. The fraction of sp³-hybridized carbons (Fsp3) is 0.500. The summed E-state index contributed by atoms with van der Waals surface area (Å²) in [6, 6.07) is -1.01. The number of nitrogens with zero attached hydrogens (tertiary/aromatic N) is 6. The van der Waals surface area contributed by atoms with Crippen molar-refractivity contribution in [3.63, 3.8) is 0 Å². The van der Waals surface area contributed by atoms with Gasteiger partial charge in [-0.1, -0.05) is 5.11 Å². The minimum atomic E-state index is -4.64. The molecular weight excluding hydrogens is 581 g/mol. The van der Waals surface area contributed by atoms with Crippen molar-refractivity contribution >= 4 is 40.6 Å². The summed E-state index contributed by atoms with van der Waals surface area (Å²) < 4.78 is 33.5. The lowest BCUT2D eigenvalue weighted by Crippen LogP contribution is -2.31. The summed E-state index contributed by atoms with van der Waals surface area (Å²) in [5.41, 5.74) is 13.8. The Morgan fingerprint density at radius 1 is 1.08 bits per heavy atom. The molecule has 0 saturated carbocycles. The number of rotatable bonds is 3. The third-order valence-corrected chi connectivity index (χ3v) is 3.43. The number of hydrogen-bond acceptors (Lipinski definition) is 11. The predicted molar refractivity (Wildman–Crippen MR) is 115 cm³/mol. The smallest absolute Gasteiger partial charge is 0.394 e. The molecule has 0 spiro atoms. The number of aliphatic hydroxyl groups excluding tert-OH is 2. The van der Waals surface area contributed by atoms with E-state index in [9.17, 15) is 15.0 Å². The van der Waals surface area contributed by atoms with E-state index < -0.39 is 60.1 Å². The van der Waals surface area contributed by atoms with Gasteiger partial charge in [0, 0.05) is 4.91 Å². The number of azide groups is 1. The number of aromatic nitrogens is 4. The van der Waals surface area contributed by atoms with E-state index in [0.717, 1.165) is 0 Å². The summed E-state index contributed by atoms with van der Waals surface area (Å²) in [5, 5.41) is 22.7. The molecule has 1 unspecified atom stereocenters. The van der Waals surface area contributed by atoms with Gasteiger partial charge in [0.15, 0.2) is 11.2 Å². The van der Waals surface area contributed by atoms with E-state index >= 15 is 0 Å². The van der Waals surface area contributed by atoms with Crippen molar-refractivity contribution in [2.24, 2.45) is 5.11 Å². The number of anilines is 1. The number of H-pyrrole nitrogens is 1. The summed E-state index contributed by atoms with van der Waals surface area (Å²) in [7, 11) is -13.9. The Bertz CT molecular complexity index is 1200. The number of aliphatic hydroxyl groups is 2. The number of phosphoric acid groups is 3. The Kier molecular flexibility index (Phi) is 13.1. The Morgan fingerprint density at radius 3 is 1.95 bits per heavy atom. The highest BCUT2D eigenvalue weighted by atomic mass is 31.2. The predicted octanol–water partition coefficient (Wildman–Crippen LogP) is -4.15. The number of fused-ring (bicyclic) bond motifs is 1. The second-order valence-corrected chi connectivity index (χ2v) is 9.33. The number of imidazole rings is 1. The second kappa shape index (κ2) is 14.0. The maximum Gasteiger partial charge on any atom is 0.466 e. The number of nitrogens with one attached hydrogen (secondary N) is 1. The van der Waals surface area contributed by atoms with Crippen LogP contribution in [-0.2, 0) is 18.4 Å². The first-order chi connectivity index (χ1) is 16.6. The molecule has 0 radical (unpaired) electrons. The fourth-order valence-corrected chi connectivity index (χ4v) is 2.42. The van der Waals surface area contributed by atoms with Crippen LogP contribution in [-0.4, -0.2) is 98.6 Å². The average molecular weight is 602 g/mol. The van der Waals surface area contributed by atoms with E-state index in [2.05, 4.69) is 25.0 Å². The zero-order chi connectivity index (χ0) is 29.4. The number of nitrogen functional groups attached to an aromatic ring is 1. The fourth-order valence-electron chi connectivity index (χ4n) is 2.42. The zero-order valence-corrected chi connectivity index (χ0v) is 20.3. The van der Waals surface area contributed by atoms with Crippen LogP contribution in [0.3, 0.4) is 0 Å². The molecular formula is C10H21N8O16P3. The number of aromatic amines is 1. The molecule has 1 aliphatic heterocycles. The van der Waals surface area contributed by atoms with Gasteiger partial charge in [-0.15, -0.1) is 0 Å². The van der Waals surface area contributed by atoms with Crippen molar-refractivity contribution in [1.82, 2.24) is 19.5 Å². The molecule has 4 atom stereocenters. The molecule has 1 fully saturated rings. The average Bonchev–Trinajstić information content (AvgIpc) is 3.19. The Labute approximate surface area is 202 Å². The monoisotopic (exact) mass is 602 g/mol. The molecule has 37 heavy (non-hydrogen) atoms. The molecule has 3 heterocycles. The molecule has 14 N–H and O–H groups in total. The molecule has 1 saturated heterocycles. The molecule has 24 nitrogen and oxygen atoms in total. The maximum atomic E-state index is 11.8. The number of nitrogens with two attached hydrogens (primary N) is 1. The van der Waals surface area contributed by atoms with Gasteiger partial charge in [0.25, 0.3) is 5.56 Å². The van der Waals surface area contributed by atoms with Crippen LogP contribution in [0.2, 0.25) is 0 Å². The third kappa shape index (κ3) is 14.9. The van der Waals surface area contributed by atoms with Crippen molar-refractivity contribution in [1.29, 1.82) is 0 Å². The van der Waals surface area contributed by atoms with Crippen LogP contribution in [0.25, 0.3) is 21.6 Å². The molecule has 27 heteroatoms. The third-order valence-electron chi connectivity index (χ3n) is 3.43. The summed E-state index contributed by atoms with van der Waals surface area (Å²) >= 11 is 0. The molecule has 212 valence electrons. The van der Waals surface area contributed by atoms with Gasteiger partial charge < -0.3 is 64.7 Å². The van der Waals surface area contributed by atoms with E-state index in [0.29, 0.717) is 0 Å². The highest BCUT2D eigenvalue weighted by Crippen LogP contribution is 2.33. The molecule has 2 aromatic heterocycles. The van der Waals surface area contributed by atoms with Crippen LogP contribution >= 0.6 is 23.5 Å². The summed E-state index contributed by atoms with van der Waals surface area (Å²) in [5.74, 6) is -0.114. The molecule has 2 aromatic rings. The Hall–Kier alpha value is -2.33. The molecule has 0 amide bonds. The largest absolute Gasteiger partial charge is 0.466 e. The first-order valence-electron chi connectivity index (χ1n) is 8.62. The quantitative estimate of drug-likeness (QED) is 0.0685. The number of hydrogen-bond donors (Lipinski definition) is 13. The van der Waals surface area contributed by atoms with E-state index in [1.54, 1.807) is 0 Å². The van der Waals surface area contributed by atoms with Gasteiger partial charge in [-0.05, 0) is 5.53 Å². The van der Waals surface area contributed by atoms with Crippen LogP contribution in [0.4, 0.5) is 5.95 Å². The van der Waals surface area contributed by atoms with Gasteiger partial charge in [0.05, 0.1) is 19.0 Å². The van der Waals surface area contributed by atoms with Gasteiger partial charge in [0.2, 0.25) is 5.95 Å². The minimum Gasteiger partial charge on any atom is -0.394 e. The van der Waals surface area contributed by atoms with Gasteiger partial charge in [-0.3, -0.25) is 14.3 Å². The maximum absolute atomic E-state index is 11.8. The van der Waals surface area contributed by atoms with Crippen molar-refractivity contribution in [2.75, 3.05) is 12.3 Å². The van der Waals surface area contributed by atoms with E-state index in [-0.39, 0.29) is 17.1 Å².